The minimum Gasteiger partial charge on any atom is -0.477 e. The van der Waals surface area contributed by atoms with E-state index in [1.54, 1.807) is 24.4 Å². The average Bonchev–Trinajstić information content (AvgIpc) is 3.49. The van der Waals surface area contributed by atoms with Gasteiger partial charge in [-0.15, -0.1) is 5.10 Å². The molecule has 5 rings (SSSR count). The number of hydrogen-bond donors (Lipinski definition) is 1. The monoisotopic (exact) mass is 505 g/mol. The molecule has 0 radical (unpaired) electrons. The highest BCUT2D eigenvalue weighted by Crippen LogP contribution is 2.33. The summed E-state index contributed by atoms with van der Waals surface area (Å²) in [5.41, 5.74) is 1.99. The molecule has 10 nitrogen and oxygen atoms in total. The number of amides is 1. The largest absolute Gasteiger partial charge is 0.477 e. The third-order valence-corrected chi connectivity index (χ3v) is 6.83. The van der Waals surface area contributed by atoms with Crippen LogP contribution < -0.4 is 4.90 Å². The molecule has 1 aliphatic rings. The van der Waals surface area contributed by atoms with Gasteiger partial charge in [-0.1, -0.05) is 6.92 Å². The topological polar surface area (TPSA) is 119 Å². The highest BCUT2D eigenvalue weighted by atomic mass is 19.1. The van der Waals surface area contributed by atoms with E-state index in [1.807, 2.05) is 13.8 Å². The van der Waals surface area contributed by atoms with Gasteiger partial charge in [0.25, 0.3) is 0 Å². The number of carboxylic acids is 1. The van der Waals surface area contributed by atoms with Crippen molar-refractivity contribution in [1.82, 2.24) is 29.4 Å². The van der Waals surface area contributed by atoms with E-state index in [9.17, 15) is 19.1 Å². The van der Waals surface area contributed by atoms with E-state index in [1.165, 1.54) is 26.5 Å². The van der Waals surface area contributed by atoms with Crippen molar-refractivity contribution in [3.05, 3.63) is 54.4 Å². The predicted molar refractivity (Wildman–Crippen MR) is 134 cm³/mol. The summed E-state index contributed by atoms with van der Waals surface area (Å²) in [5.74, 6) is -1.16. The molecule has 0 aromatic carbocycles. The van der Waals surface area contributed by atoms with Crippen LogP contribution in [0.25, 0.3) is 22.7 Å². The Bertz CT molecular complexity index is 1450. The van der Waals surface area contributed by atoms with E-state index in [2.05, 4.69) is 27.1 Å². The van der Waals surface area contributed by atoms with Crippen molar-refractivity contribution in [3.8, 4) is 17.1 Å². The lowest BCUT2D eigenvalue weighted by Gasteiger charge is -2.32. The van der Waals surface area contributed by atoms with Crippen LogP contribution in [0.15, 0.2) is 43.0 Å². The first-order valence-electron chi connectivity index (χ1n) is 12.3. The van der Waals surface area contributed by atoms with Gasteiger partial charge in [0.15, 0.2) is 17.3 Å². The van der Waals surface area contributed by atoms with E-state index in [4.69, 9.17) is 0 Å². The van der Waals surface area contributed by atoms with Gasteiger partial charge in [0, 0.05) is 24.2 Å². The predicted octanol–water partition coefficient (Wildman–Crippen LogP) is 4.38. The lowest BCUT2D eigenvalue weighted by atomic mass is 9.82. The Labute approximate surface area is 212 Å². The van der Waals surface area contributed by atoms with E-state index >= 15 is 0 Å². The third-order valence-electron chi connectivity index (χ3n) is 6.83. The molecule has 0 atom stereocenters. The van der Waals surface area contributed by atoms with Crippen molar-refractivity contribution in [2.45, 2.75) is 52.5 Å². The summed E-state index contributed by atoms with van der Waals surface area (Å²) in [6, 6.07) is 4.87. The molecule has 0 aliphatic heterocycles. The molecule has 1 fully saturated rings. The summed E-state index contributed by atoms with van der Waals surface area (Å²) in [7, 11) is 0. The Hall–Kier alpha value is -4.15. The van der Waals surface area contributed by atoms with Crippen LogP contribution in [-0.2, 0) is 4.79 Å². The Morgan fingerprint density at radius 3 is 2.46 bits per heavy atom. The second kappa shape index (κ2) is 9.72. The number of rotatable bonds is 6. The van der Waals surface area contributed by atoms with Gasteiger partial charge >= 0.3 is 5.97 Å². The highest BCUT2D eigenvalue weighted by molar-refractivity contribution is 6.01. The number of carbonyl (C=O) groups excluding carboxylic acids is 1. The minimum atomic E-state index is -1.16. The molecule has 4 aromatic rings. The molecular weight excluding hydrogens is 477 g/mol. The number of carboxylic acid groups (broad SMARTS) is 1. The van der Waals surface area contributed by atoms with Crippen LogP contribution >= 0.6 is 0 Å². The lowest BCUT2D eigenvalue weighted by molar-refractivity contribution is -0.124. The van der Waals surface area contributed by atoms with Gasteiger partial charge in [-0.3, -0.25) is 14.7 Å². The minimum absolute atomic E-state index is 0.0521. The number of fused-ring (bicyclic) bond motifs is 1. The average molecular weight is 506 g/mol. The van der Waals surface area contributed by atoms with E-state index < -0.39 is 11.8 Å². The molecule has 11 heteroatoms. The van der Waals surface area contributed by atoms with E-state index in [0.717, 1.165) is 31.9 Å². The molecule has 0 saturated heterocycles. The summed E-state index contributed by atoms with van der Waals surface area (Å²) in [5, 5.41) is 18.8. The fourth-order valence-corrected chi connectivity index (χ4v) is 4.79. The summed E-state index contributed by atoms with van der Waals surface area (Å²) in [6.45, 7) is 5.91. The van der Waals surface area contributed by atoms with Crippen molar-refractivity contribution in [2.24, 2.45) is 11.8 Å². The van der Waals surface area contributed by atoms with Crippen molar-refractivity contribution in [2.75, 3.05) is 4.90 Å². The van der Waals surface area contributed by atoms with Crippen molar-refractivity contribution in [1.29, 1.82) is 0 Å². The summed E-state index contributed by atoms with van der Waals surface area (Å²) >= 11 is 0. The first-order chi connectivity index (χ1) is 17.7. The Morgan fingerprint density at radius 2 is 1.81 bits per heavy atom. The molecule has 37 heavy (non-hydrogen) atoms. The van der Waals surface area contributed by atoms with Gasteiger partial charge in [-0.2, -0.15) is 5.10 Å². The smallest absolute Gasteiger partial charge is 0.341 e. The Balaban J connectivity index is 1.46. The van der Waals surface area contributed by atoms with E-state index in [0.29, 0.717) is 28.6 Å². The Kier molecular flexibility index (Phi) is 6.45. The molecule has 1 amide bonds. The van der Waals surface area contributed by atoms with Crippen LogP contribution in [0.5, 0.6) is 0 Å². The van der Waals surface area contributed by atoms with Crippen LogP contribution in [0, 0.1) is 17.7 Å². The van der Waals surface area contributed by atoms with Gasteiger partial charge in [-0.05, 0) is 57.6 Å². The van der Waals surface area contributed by atoms with E-state index in [-0.39, 0.29) is 29.2 Å². The molecule has 0 unspecified atom stereocenters. The fourth-order valence-electron chi connectivity index (χ4n) is 4.79. The number of aromatic carboxylic acids is 1. The number of pyridine rings is 1. The maximum Gasteiger partial charge on any atom is 0.341 e. The molecule has 4 heterocycles. The van der Waals surface area contributed by atoms with Gasteiger partial charge < -0.3 is 5.11 Å². The molecule has 4 aromatic heterocycles. The number of nitrogens with zero attached hydrogens (tertiary/aromatic N) is 7. The maximum absolute atomic E-state index is 13.5. The zero-order valence-electron chi connectivity index (χ0n) is 20.9. The number of carbonyl (C=O) groups is 2. The molecule has 0 spiro atoms. The molecule has 1 N–H and O–H groups in total. The first-order valence-corrected chi connectivity index (χ1v) is 12.3. The molecule has 0 bridgehead atoms. The summed E-state index contributed by atoms with van der Waals surface area (Å²) in [4.78, 5) is 35.6. The summed E-state index contributed by atoms with van der Waals surface area (Å²) in [6.07, 6.45) is 8.85. The normalized spacial score (nSPS) is 17.9. The van der Waals surface area contributed by atoms with Gasteiger partial charge in [0.1, 0.15) is 11.3 Å². The van der Waals surface area contributed by atoms with Crippen LogP contribution in [-0.4, -0.2) is 52.4 Å². The molecule has 1 aliphatic carbocycles. The highest BCUT2D eigenvalue weighted by Gasteiger charge is 2.34. The van der Waals surface area contributed by atoms with Crippen molar-refractivity contribution < 1.29 is 19.1 Å². The lowest BCUT2D eigenvalue weighted by Crippen LogP contribution is -2.43. The SMILES string of the molecule is CC1CCC(C(=O)N(c2nn(-c3ccc(-c4cc5ncc(F)cn5n4)nc3)cc2C(=O)O)C(C)C)CC1. The number of halogens is 1. The van der Waals surface area contributed by atoms with Gasteiger partial charge in [0.2, 0.25) is 5.91 Å². The summed E-state index contributed by atoms with van der Waals surface area (Å²) < 4.78 is 16.2. The second-order valence-electron chi connectivity index (χ2n) is 9.88. The second-order valence-corrected chi connectivity index (χ2v) is 9.88. The van der Waals surface area contributed by atoms with Crippen LogP contribution in [0.1, 0.15) is 56.8 Å². The van der Waals surface area contributed by atoms with Crippen LogP contribution in [0.4, 0.5) is 10.2 Å². The fraction of sp³-hybridized carbons (Fsp3) is 0.385. The van der Waals surface area contributed by atoms with Crippen LogP contribution in [0.3, 0.4) is 0 Å². The Morgan fingerprint density at radius 1 is 1.05 bits per heavy atom. The zero-order chi connectivity index (χ0) is 26.3. The standard InChI is InChI=1S/C26H28FN7O3/c1-15(2)34(25(35)17-6-4-16(3)5-7-17)24-20(26(36)37)14-32(31-24)19-8-9-21(28-12-19)22-10-23-29-11-18(27)13-33(23)30-22/h8-17H,4-7H2,1-3H3,(H,36,37). The number of hydrogen-bond acceptors (Lipinski definition) is 6. The number of anilines is 1. The van der Waals surface area contributed by atoms with Gasteiger partial charge in [0.05, 0.1) is 30.0 Å². The van der Waals surface area contributed by atoms with Crippen molar-refractivity contribution >= 4 is 23.3 Å². The molecule has 1 saturated carbocycles. The van der Waals surface area contributed by atoms with Crippen molar-refractivity contribution in [3.63, 3.8) is 0 Å². The zero-order valence-corrected chi connectivity index (χ0v) is 20.9. The maximum atomic E-state index is 13.5. The quantitative estimate of drug-likeness (QED) is 0.413. The van der Waals surface area contributed by atoms with Crippen LogP contribution in [0.2, 0.25) is 0 Å². The third kappa shape index (κ3) is 4.81. The molecular formula is C26H28FN7O3. The van der Waals surface area contributed by atoms with Gasteiger partial charge in [-0.25, -0.2) is 23.4 Å². The molecule has 192 valence electrons. The first kappa shape index (κ1) is 24.5. The number of aromatic nitrogens is 6.